The van der Waals surface area contributed by atoms with E-state index < -0.39 is 17.4 Å². The van der Waals surface area contributed by atoms with Gasteiger partial charge in [-0.15, -0.1) is 0 Å². The fraction of sp³-hybridized carbons (Fsp3) is 0.278. The molecule has 3 atom stereocenters. The van der Waals surface area contributed by atoms with Crippen LogP contribution in [0.25, 0.3) is 10.8 Å². The molecule has 2 aromatic carbocycles. The monoisotopic (exact) mass is 292 g/mol. The highest BCUT2D eigenvalue weighted by molar-refractivity contribution is 5.83. The quantitative estimate of drug-likeness (QED) is 0.480. The standard InChI is InChI=1S/C18H16N2O2/c1-12-9-17(20(21)22)18(2,16(12)11-19)15-8-7-13-5-3-4-6-14(13)10-15/h3-8,10,16-17H,1,9H2,2H3/t16-,17-,18-/m1/s1. The van der Waals surface area contributed by atoms with Crippen molar-refractivity contribution in [3.05, 3.63) is 70.3 Å². The van der Waals surface area contributed by atoms with Gasteiger partial charge in [0.1, 0.15) is 0 Å². The number of rotatable bonds is 2. The molecule has 0 saturated heterocycles. The van der Waals surface area contributed by atoms with Crippen LogP contribution >= 0.6 is 0 Å². The first-order chi connectivity index (χ1) is 10.5. The Hall–Kier alpha value is -2.67. The third kappa shape index (κ3) is 1.90. The van der Waals surface area contributed by atoms with E-state index in [1.165, 1.54) is 0 Å². The second-order valence-electron chi connectivity index (χ2n) is 6.07. The molecule has 1 aliphatic rings. The third-order valence-electron chi connectivity index (χ3n) is 4.91. The molecule has 2 aromatic rings. The molecule has 4 heteroatoms. The van der Waals surface area contributed by atoms with Gasteiger partial charge in [0.05, 0.1) is 17.4 Å². The Kier molecular flexibility index (Phi) is 3.22. The molecule has 1 fully saturated rings. The second-order valence-corrected chi connectivity index (χ2v) is 6.07. The Morgan fingerprint density at radius 2 is 2.00 bits per heavy atom. The maximum Gasteiger partial charge on any atom is 0.227 e. The molecule has 22 heavy (non-hydrogen) atoms. The highest BCUT2D eigenvalue weighted by Crippen LogP contribution is 2.49. The van der Waals surface area contributed by atoms with Crippen molar-refractivity contribution in [2.75, 3.05) is 0 Å². The molecule has 1 saturated carbocycles. The lowest BCUT2D eigenvalue weighted by molar-refractivity contribution is -0.531. The minimum absolute atomic E-state index is 0.258. The topological polar surface area (TPSA) is 66.9 Å². The smallest absolute Gasteiger partial charge is 0.227 e. The zero-order valence-electron chi connectivity index (χ0n) is 12.3. The zero-order chi connectivity index (χ0) is 15.9. The number of hydrogen-bond donors (Lipinski definition) is 0. The van der Waals surface area contributed by atoms with E-state index in [-0.39, 0.29) is 11.3 Å². The highest BCUT2D eigenvalue weighted by Gasteiger charge is 2.57. The molecule has 0 N–H and O–H groups in total. The number of fused-ring (bicyclic) bond motifs is 1. The number of hydrogen-bond acceptors (Lipinski definition) is 3. The Bertz CT molecular complexity index is 821. The van der Waals surface area contributed by atoms with Crippen molar-refractivity contribution in [2.45, 2.75) is 24.8 Å². The van der Waals surface area contributed by atoms with Crippen molar-refractivity contribution in [1.82, 2.24) is 0 Å². The molecule has 1 aliphatic carbocycles. The van der Waals surface area contributed by atoms with Crippen LogP contribution in [0, 0.1) is 27.4 Å². The zero-order valence-corrected chi connectivity index (χ0v) is 12.3. The number of nitrogens with zero attached hydrogens (tertiary/aromatic N) is 2. The fourth-order valence-electron chi connectivity index (χ4n) is 3.60. The first-order valence-electron chi connectivity index (χ1n) is 7.18. The lowest BCUT2D eigenvalue weighted by Crippen LogP contribution is -2.41. The summed E-state index contributed by atoms with van der Waals surface area (Å²) in [6.45, 7) is 5.71. The maximum absolute atomic E-state index is 11.5. The summed E-state index contributed by atoms with van der Waals surface area (Å²) >= 11 is 0. The largest absolute Gasteiger partial charge is 0.264 e. The van der Waals surface area contributed by atoms with Gasteiger partial charge in [0.15, 0.2) is 0 Å². The van der Waals surface area contributed by atoms with E-state index in [2.05, 4.69) is 12.6 Å². The van der Waals surface area contributed by atoms with Gasteiger partial charge >= 0.3 is 0 Å². The van der Waals surface area contributed by atoms with Gasteiger partial charge in [-0.05, 0) is 23.3 Å². The molecule has 110 valence electrons. The van der Waals surface area contributed by atoms with E-state index in [9.17, 15) is 15.4 Å². The molecular formula is C18H16N2O2. The van der Waals surface area contributed by atoms with Crippen LogP contribution in [0.15, 0.2) is 54.6 Å². The predicted octanol–water partition coefficient (Wildman–Crippen LogP) is 3.84. The summed E-state index contributed by atoms with van der Waals surface area (Å²) < 4.78 is 0. The summed E-state index contributed by atoms with van der Waals surface area (Å²) in [7, 11) is 0. The van der Waals surface area contributed by atoms with Crippen LogP contribution in [0.4, 0.5) is 0 Å². The Balaban J connectivity index is 2.21. The van der Waals surface area contributed by atoms with Crippen molar-refractivity contribution in [3.63, 3.8) is 0 Å². The fourth-order valence-corrected chi connectivity index (χ4v) is 3.60. The van der Waals surface area contributed by atoms with Crippen molar-refractivity contribution in [2.24, 2.45) is 5.92 Å². The molecule has 0 amide bonds. The van der Waals surface area contributed by atoms with Gasteiger partial charge < -0.3 is 0 Å². The Labute approximate surface area is 128 Å². The summed E-state index contributed by atoms with van der Waals surface area (Å²) in [6.07, 6.45) is 0.258. The van der Waals surface area contributed by atoms with E-state index >= 15 is 0 Å². The summed E-state index contributed by atoms with van der Waals surface area (Å²) in [5.74, 6) is -0.538. The van der Waals surface area contributed by atoms with E-state index in [1.54, 1.807) is 0 Å². The van der Waals surface area contributed by atoms with Crippen molar-refractivity contribution < 1.29 is 4.92 Å². The molecule has 3 rings (SSSR count). The van der Waals surface area contributed by atoms with Gasteiger partial charge in [0.25, 0.3) is 0 Å². The van der Waals surface area contributed by atoms with Gasteiger partial charge in [-0.2, -0.15) is 5.26 Å². The highest BCUT2D eigenvalue weighted by atomic mass is 16.6. The summed E-state index contributed by atoms with van der Waals surface area (Å²) in [4.78, 5) is 11.3. The minimum atomic E-state index is -0.848. The lowest BCUT2D eigenvalue weighted by Gasteiger charge is -2.29. The molecule has 0 radical (unpaired) electrons. The van der Waals surface area contributed by atoms with E-state index in [0.29, 0.717) is 5.57 Å². The van der Waals surface area contributed by atoms with Crippen LogP contribution in [0.5, 0.6) is 0 Å². The van der Waals surface area contributed by atoms with E-state index in [4.69, 9.17) is 0 Å². The average molecular weight is 292 g/mol. The van der Waals surface area contributed by atoms with Crippen LogP contribution < -0.4 is 0 Å². The molecule has 0 unspecified atom stereocenters. The van der Waals surface area contributed by atoms with Gasteiger partial charge in [0, 0.05) is 11.3 Å². The Morgan fingerprint density at radius 3 is 2.64 bits per heavy atom. The third-order valence-corrected chi connectivity index (χ3v) is 4.91. The first-order valence-corrected chi connectivity index (χ1v) is 7.18. The van der Waals surface area contributed by atoms with Gasteiger partial charge in [0.2, 0.25) is 6.04 Å². The Morgan fingerprint density at radius 1 is 1.32 bits per heavy atom. The van der Waals surface area contributed by atoms with Crippen molar-refractivity contribution in [3.8, 4) is 6.07 Å². The maximum atomic E-state index is 11.5. The second kappa shape index (κ2) is 4.96. The van der Waals surface area contributed by atoms with Crippen molar-refractivity contribution in [1.29, 1.82) is 5.26 Å². The summed E-state index contributed by atoms with van der Waals surface area (Å²) in [5, 5.41) is 23.1. The van der Waals surface area contributed by atoms with E-state index in [0.717, 1.165) is 16.3 Å². The number of nitro groups is 1. The van der Waals surface area contributed by atoms with Crippen LogP contribution in [0.3, 0.4) is 0 Å². The number of benzene rings is 2. The lowest BCUT2D eigenvalue weighted by atomic mass is 9.71. The van der Waals surface area contributed by atoms with Gasteiger partial charge in [-0.25, -0.2) is 0 Å². The van der Waals surface area contributed by atoms with Gasteiger partial charge in [-0.1, -0.05) is 54.6 Å². The summed E-state index contributed by atoms with van der Waals surface area (Å²) in [5.41, 5.74) is 0.636. The van der Waals surface area contributed by atoms with Gasteiger partial charge in [-0.3, -0.25) is 10.1 Å². The minimum Gasteiger partial charge on any atom is -0.264 e. The first kappa shape index (κ1) is 14.3. The molecule has 4 nitrogen and oxygen atoms in total. The van der Waals surface area contributed by atoms with Crippen LogP contribution in [0.1, 0.15) is 18.9 Å². The van der Waals surface area contributed by atoms with Crippen LogP contribution in [-0.4, -0.2) is 11.0 Å². The normalized spacial score (nSPS) is 27.7. The molecular weight excluding hydrogens is 276 g/mol. The molecule has 0 aromatic heterocycles. The van der Waals surface area contributed by atoms with E-state index in [1.807, 2.05) is 49.4 Å². The molecule has 0 bridgehead atoms. The average Bonchev–Trinajstić information content (AvgIpc) is 2.78. The molecule has 0 spiro atoms. The van der Waals surface area contributed by atoms with Crippen LogP contribution in [0.2, 0.25) is 0 Å². The predicted molar refractivity (Wildman–Crippen MR) is 84.9 cm³/mol. The summed E-state index contributed by atoms with van der Waals surface area (Å²) in [6, 6.07) is 15.1. The number of nitriles is 1. The van der Waals surface area contributed by atoms with Crippen LogP contribution in [-0.2, 0) is 5.41 Å². The van der Waals surface area contributed by atoms with Crippen molar-refractivity contribution >= 4 is 10.8 Å². The molecule has 0 heterocycles. The SMILES string of the molecule is C=C1C[C@@H]([N+](=O)[O-])[C@](C)(c2ccc3ccccc3c2)[C@@H]1C#N. The molecule has 0 aliphatic heterocycles.